The van der Waals surface area contributed by atoms with E-state index in [1.165, 1.54) is 0 Å². The SMILES string of the molecule is CCOCCCN1C(=O)C2=C(C(=O)C3CCCCC3O2)C1c1cccc(O)c1. The second-order valence-electron chi connectivity index (χ2n) is 7.70. The zero-order valence-electron chi connectivity index (χ0n) is 16.2. The predicted molar refractivity (Wildman–Crippen MR) is 103 cm³/mol. The van der Waals surface area contributed by atoms with Crippen LogP contribution in [0.2, 0.25) is 0 Å². The van der Waals surface area contributed by atoms with Crippen molar-refractivity contribution in [1.29, 1.82) is 0 Å². The number of carbonyl (C=O) groups excluding carboxylic acids is 2. The Balaban J connectivity index is 1.69. The summed E-state index contributed by atoms with van der Waals surface area (Å²) in [6, 6.07) is 6.30. The van der Waals surface area contributed by atoms with E-state index in [1.807, 2.05) is 13.0 Å². The molecular weight excluding hydrogens is 358 g/mol. The van der Waals surface area contributed by atoms with Gasteiger partial charge in [0.25, 0.3) is 5.91 Å². The summed E-state index contributed by atoms with van der Waals surface area (Å²) in [4.78, 5) is 28.3. The molecular formula is C22H27NO5. The van der Waals surface area contributed by atoms with Gasteiger partial charge in [-0.2, -0.15) is 0 Å². The second-order valence-corrected chi connectivity index (χ2v) is 7.70. The summed E-state index contributed by atoms with van der Waals surface area (Å²) < 4.78 is 11.5. The Hall–Kier alpha value is -2.34. The van der Waals surface area contributed by atoms with Crippen LogP contribution in [-0.2, 0) is 19.1 Å². The summed E-state index contributed by atoms with van der Waals surface area (Å²) in [5.41, 5.74) is 1.20. The van der Waals surface area contributed by atoms with Gasteiger partial charge >= 0.3 is 0 Å². The highest BCUT2D eigenvalue weighted by Crippen LogP contribution is 2.47. The van der Waals surface area contributed by atoms with Crippen LogP contribution < -0.4 is 0 Å². The fraction of sp³-hybridized carbons (Fsp3) is 0.545. The molecule has 1 N–H and O–H groups in total. The molecule has 2 heterocycles. The van der Waals surface area contributed by atoms with Crippen molar-refractivity contribution in [3.8, 4) is 5.75 Å². The third-order valence-corrected chi connectivity index (χ3v) is 5.94. The van der Waals surface area contributed by atoms with Gasteiger partial charge in [0.1, 0.15) is 11.9 Å². The maximum absolute atomic E-state index is 13.4. The molecule has 150 valence electrons. The highest BCUT2D eigenvalue weighted by Gasteiger charge is 2.51. The summed E-state index contributed by atoms with van der Waals surface area (Å²) in [6.07, 6.45) is 4.17. The van der Waals surface area contributed by atoms with E-state index >= 15 is 0 Å². The summed E-state index contributed by atoms with van der Waals surface area (Å²) in [5, 5.41) is 9.97. The first-order valence-electron chi connectivity index (χ1n) is 10.2. The zero-order chi connectivity index (χ0) is 19.7. The average Bonchev–Trinajstić information content (AvgIpc) is 2.98. The minimum atomic E-state index is -0.508. The van der Waals surface area contributed by atoms with Crippen LogP contribution in [0.1, 0.15) is 50.6 Å². The van der Waals surface area contributed by atoms with Crippen LogP contribution in [-0.4, -0.2) is 47.6 Å². The van der Waals surface area contributed by atoms with Gasteiger partial charge in [-0.05, 0) is 50.3 Å². The molecule has 1 amide bonds. The molecule has 28 heavy (non-hydrogen) atoms. The maximum atomic E-state index is 13.4. The molecule has 0 bridgehead atoms. The summed E-state index contributed by atoms with van der Waals surface area (Å²) in [6.45, 7) is 3.59. The third-order valence-electron chi connectivity index (χ3n) is 5.94. The molecule has 0 radical (unpaired) electrons. The van der Waals surface area contributed by atoms with Crippen LogP contribution in [0, 0.1) is 5.92 Å². The number of benzene rings is 1. The molecule has 1 aliphatic carbocycles. The van der Waals surface area contributed by atoms with Gasteiger partial charge in [-0.25, -0.2) is 0 Å². The van der Waals surface area contributed by atoms with Gasteiger partial charge in [-0.1, -0.05) is 18.6 Å². The molecule has 0 saturated heterocycles. The van der Waals surface area contributed by atoms with Crippen LogP contribution in [0.15, 0.2) is 35.6 Å². The van der Waals surface area contributed by atoms with E-state index in [9.17, 15) is 14.7 Å². The number of fused-ring (bicyclic) bond motifs is 1. The molecule has 3 atom stereocenters. The Kier molecular flexibility index (Phi) is 5.40. The fourth-order valence-corrected chi connectivity index (χ4v) is 4.65. The normalized spacial score (nSPS) is 26.9. The molecule has 1 aromatic rings. The molecule has 2 aliphatic heterocycles. The quantitative estimate of drug-likeness (QED) is 0.762. The van der Waals surface area contributed by atoms with Gasteiger partial charge in [0.05, 0.1) is 17.5 Å². The van der Waals surface area contributed by atoms with Crippen LogP contribution >= 0.6 is 0 Å². The number of amides is 1. The largest absolute Gasteiger partial charge is 0.508 e. The third kappa shape index (κ3) is 3.30. The molecule has 4 rings (SSSR count). The molecule has 6 nitrogen and oxygen atoms in total. The number of ether oxygens (including phenoxy) is 2. The van der Waals surface area contributed by atoms with Crippen molar-refractivity contribution in [3.05, 3.63) is 41.2 Å². The van der Waals surface area contributed by atoms with Crippen LogP contribution in [0.4, 0.5) is 0 Å². The Bertz CT molecular complexity index is 802. The molecule has 0 spiro atoms. The number of phenolic OH excluding ortho intramolecular Hbond substituents is 1. The summed E-state index contributed by atoms with van der Waals surface area (Å²) >= 11 is 0. The standard InChI is InChI=1S/C22H27NO5/c1-2-27-12-6-11-23-19(14-7-5-8-15(24)13-14)18-20(25)16-9-3-4-10-17(16)28-21(18)22(23)26/h5,7-8,13,16-17,19,24H,2-4,6,9-12H2,1H3. The first-order valence-corrected chi connectivity index (χ1v) is 10.2. The maximum Gasteiger partial charge on any atom is 0.290 e. The molecule has 1 saturated carbocycles. The number of hydrogen-bond donors (Lipinski definition) is 1. The number of aromatic hydroxyl groups is 1. The minimum Gasteiger partial charge on any atom is -0.508 e. The Morgan fingerprint density at radius 2 is 2.07 bits per heavy atom. The van der Waals surface area contributed by atoms with Gasteiger partial charge in [0.2, 0.25) is 0 Å². The van der Waals surface area contributed by atoms with Crippen molar-refractivity contribution in [2.24, 2.45) is 5.92 Å². The van der Waals surface area contributed by atoms with E-state index in [-0.39, 0.29) is 35.2 Å². The Morgan fingerprint density at radius 1 is 1.25 bits per heavy atom. The topological polar surface area (TPSA) is 76.1 Å². The minimum absolute atomic E-state index is 0.0416. The van der Waals surface area contributed by atoms with E-state index in [1.54, 1.807) is 23.1 Å². The zero-order valence-corrected chi connectivity index (χ0v) is 16.2. The lowest BCUT2D eigenvalue weighted by atomic mass is 9.77. The van der Waals surface area contributed by atoms with E-state index in [4.69, 9.17) is 9.47 Å². The number of carbonyl (C=O) groups is 2. The van der Waals surface area contributed by atoms with Gasteiger partial charge in [-0.15, -0.1) is 0 Å². The lowest BCUT2D eigenvalue weighted by molar-refractivity contribution is -0.135. The number of rotatable bonds is 6. The Labute approximate surface area is 165 Å². The molecule has 1 aromatic carbocycles. The monoisotopic (exact) mass is 385 g/mol. The number of nitrogens with zero attached hydrogens (tertiary/aromatic N) is 1. The number of hydrogen-bond acceptors (Lipinski definition) is 5. The molecule has 6 heteroatoms. The summed E-state index contributed by atoms with van der Waals surface area (Å²) in [5.74, 6) is -0.00784. The predicted octanol–water partition coefficient (Wildman–Crippen LogP) is 3.11. The van der Waals surface area contributed by atoms with Crippen LogP contribution in [0.25, 0.3) is 0 Å². The number of ketones is 1. The van der Waals surface area contributed by atoms with E-state index in [2.05, 4.69) is 0 Å². The molecule has 1 fully saturated rings. The van der Waals surface area contributed by atoms with E-state index < -0.39 is 6.04 Å². The highest BCUT2D eigenvalue weighted by atomic mass is 16.5. The number of phenols is 1. The van der Waals surface area contributed by atoms with Gasteiger partial charge in [0.15, 0.2) is 11.5 Å². The fourth-order valence-electron chi connectivity index (χ4n) is 4.65. The van der Waals surface area contributed by atoms with Crippen LogP contribution in [0.5, 0.6) is 5.75 Å². The van der Waals surface area contributed by atoms with E-state index in [0.717, 1.165) is 31.2 Å². The Morgan fingerprint density at radius 3 is 2.86 bits per heavy atom. The number of Topliss-reactive ketones (excluding diaryl/α,β-unsaturated/α-hetero) is 1. The smallest absolute Gasteiger partial charge is 0.290 e. The van der Waals surface area contributed by atoms with E-state index in [0.29, 0.717) is 31.8 Å². The first kappa shape index (κ1) is 19.0. The average molecular weight is 385 g/mol. The van der Waals surface area contributed by atoms with Crippen molar-refractivity contribution in [1.82, 2.24) is 4.90 Å². The van der Waals surface area contributed by atoms with Crippen molar-refractivity contribution in [2.45, 2.75) is 51.2 Å². The highest BCUT2D eigenvalue weighted by molar-refractivity contribution is 6.11. The molecule has 3 unspecified atom stereocenters. The van der Waals surface area contributed by atoms with Gasteiger partial charge in [-0.3, -0.25) is 9.59 Å². The molecule has 0 aromatic heterocycles. The van der Waals surface area contributed by atoms with Gasteiger partial charge in [0, 0.05) is 19.8 Å². The van der Waals surface area contributed by atoms with Crippen molar-refractivity contribution >= 4 is 11.7 Å². The van der Waals surface area contributed by atoms with Crippen molar-refractivity contribution < 1.29 is 24.2 Å². The van der Waals surface area contributed by atoms with Crippen LogP contribution in [0.3, 0.4) is 0 Å². The molecule has 3 aliphatic rings. The first-order chi connectivity index (χ1) is 13.6. The lowest BCUT2D eigenvalue weighted by Crippen LogP contribution is -2.39. The second kappa shape index (κ2) is 7.95. The van der Waals surface area contributed by atoms with Gasteiger partial charge < -0.3 is 19.5 Å². The van der Waals surface area contributed by atoms with Crippen molar-refractivity contribution in [2.75, 3.05) is 19.8 Å². The van der Waals surface area contributed by atoms with Crippen molar-refractivity contribution in [3.63, 3.8) is 0 Å². The summed E-state index contributed by atoms with van der Waals surface area (Å²) in [7, 11) is 0. The lowest BCUT2D eigenvalue weighted by Gasteiger charge is -2.35.